The van der Waals surface area contributed by atoms with Crippen molar-refractivity contribution in [2.45, 2.75) is 32.1 Å². The molecule has 0 spiro atoms. The highest BCUT2D eigenvalue weighted by Gasteiger charge is 2.31. The van der Waals surface area contributed by atoms with Gasteiger partial charge in [-0.2, -0.15) is 5.26 Å². The number of nitriles is 1. The first-order valence-corrected chi connectivity index (χ1v) is 9.36. The van der Waals surface area contributed by atoms with Crippen molar-refractivity contribution in [1.29, 1.82) is 5.26 Å². The lowest BCUT2D eigenvalue weighted by Gasteiger charge is -2.27. The summed E-state index contributed by atoms with van der Waals surface area (Å²) < 4.78 is 17.0. The summed E-state index contributed by atoms with van der Waals surface area (Å²) in [6.07, 6.45) is 3.25. The van der Waals surface area contributed by atoms with Gasteiger partial charge in [0.1, 0.15) is 17.4 Å². The lowest BCUT2D eigenvalue weighted by Crippen LogP contribution is -2.21. The van der Waals surface area contributed by atoms with Crippen molar-refractivity contribution in [2.24, 2.45) is 5.73 Å². The summed E-state index contributed by atoms with van der Waals surface area (Å²) in [5.74, 6) is 1.58. The number of allylic oxidation sites excluding steroid dienone is 1. The minimum Gasteiger partial charge on any atom is -0.493 e. The molecule has 6 nitrogen and oxygen atoms in total. The van der Waals surface area contributed by atoms with Crippen LogP contribution in [-0.4, -0.2) is 13.7 Å². The molecule has 146 valence electrons. The van der Waals surface area contributed by atoms with E-state index in [2.05, 4.69) is 13.0 Å². The Balaban J connectivity index is 1.99. The van der Waals surface area contributed by atoms with Crippen molar-refractivity contribution in [1.82, 2.24) is 0 Å². The zero-order valence-corrected chi connectivity index (χ0v) is 16.2. The summed E-state index contributed by atoms with van der Waals surface area (Å²) in [5.41, 5.74) is 14.5. The highest BCUT2D eigenvalue weighted by molar-refractivity contribution is 5.60. The molecule has 1 heterocycles. The number of anilines is 1. The van der Waals surface area contributed by atoms with Crippen molar-refractivity contribution in [3.05, 3.63) is 59.0 Å². The highest BCUT2D eigenvalue weighted by Crippen LogP contribution is 2.44. The zero-order chi connectivity index (χ0) is 20.1. The van der Waals surface area contributed by atoms with Crippen LogP contribution in [0.15, 0.2) is 47.9 Å². The summed E-state index contributed by atoms with van der Waals surface area (Å²) in [4.78, 5) is 0. The molecule has 0 aliphatic carbocycles. The van der Waals surface area contributed by atoms with E-state index in [0.29, 0.717) is 35.1 Å². The van der Waals surface area contributed by atoms with E-state index < -0.39 is 0 Å². The minimum atomic E-state index is -0.364. The molecule has 2 aromatic carbocycles. The van der Waals surface area contributed by atoms with E-state index in [0.717, 1.165) is 30.4 Å². The van der Waals surface area contributed by atoms with Gasteiger partial charge < -0.3 is 25.7 Å². The fourth-order valence-corrected chi connectivity index (χ4v) is 3.33. The summed E-state index contributed by atoms with van der Waals surface area (Å²) in [6.45, 7) is 2.79. The molecule has 0 amide bonds. The summed E-state index contributed by atoms with van der Waals surface area (Å²) >= 11 is 0. The first-order chi connectivity index (χ1) is 13.6. The van der Waals surface area contributed by atoms with E-state index in [9.17, 15) is 5.26 Å². The van der Waals surface area contributed by atoms with Gasteiger partial charge in [0, 0.05) is 17.3 Å². The average Bonchev–Trinajstić information content (AvgIpc) is 2.70. The number of unbranched alkanes of at least 4 members (excludes halogenated alkanes) is 2. The van der Waals surface area contributed by atoms with Crippen LogP contribution in [0.5, 0.6) is 17.2 Å². The predicted octanol–water partition coefficient (Wildman–Crippen LogP) is 4.06. The van der Waals surface area contributed by atoms with Crippen LogP contribution < -0.4 is 25.7 Å². The van der Waals surface area contributed by atoms with Crippen LogP contribution >= 0.6 is 0 Å². The first-order valence-electron chi connectivity index (χ1n) is 9.36. The Bertz CT molecular complexity index is 931. The molecule has 6 heteroatoms. The van der Waals surface area contributed by atoms with Gasteiger partial charge in [-0.15, -0.1) is 0 Å². The standard InChI is InChI=1S/C22H25N3O3/c1-3-4-5-10-27-18-9-6-14(11-20(18)26-2)21-16-8-7-15(24)12-19(16)28-22(25)17(21)13-23/h6-9,11-12,21H,3-5,10,24-25H2,1-2H3/t21-/m0/s1. The van der Waals surface area contributed by atoms with Gasteiger partial charge in [-0.05, 0) is 30.2 Å². The third-order valence-electron chi connectivity index (χ3n) is 4.77. The van der Waals surface area contributed by atoms with Crippen molar-refractivity contribution in [3.8, 4) is 23.3 Å². The van der Waals surface area contributed by atoms with Gasteiger partial charge in [-0.3, -0.25) is 0 Å². The number of hydrogen-bond acceptors (Lipinski definition) is 6. The quantitative estimate of drug-likeness (QED) is 0.555. The normalized spacial score (nSPS) is 15.4. The van der Waals surface area contributed by atoms with Crippen LogP contribution in [0.25, 0.3) is 0 Å². The second-order valence-corrected chi connectivity index (χ2v) is 6.69. The number of nitrogen functional groups attached to an aromatic ring is 1. The van der Waals surface area contributed by atoms with Crippen LogP contribution in [-0.2, 0) is 0 Å². The first kappa shape index (κ1) is 19.4. The van der Waals surface area contributed by atoms with Gasteiger partial charge in [0.2, 0.25) is 5.88 Å². The number of hydrogen-bond donors (Lipinski definition) is 2. The van der Waals surface area contributed by atoms with Gasteiger partial charge in [-0.1, -0.05) is 31.9 Å². The van der Waals surface area contributed by atoms with Crippen LogP contribution in [0.3, 0.4) is 0 Å². The second kappa shape index (κ2) is 8.57. The van der Waals surface area contributed by atoms with E-state index in [-0.39, 0.29) is 11.8 Å². The maximum Gasteiger partial charge on any atom is 0.205 e. The van der Waals surface area contributed by atoms with Gasteiger partial charge in [-0.25, -0.2) is 0 Å². The number of fused-ring (bicyclic) bond motifs is 1. The van der Waals surface area contributed by atoms with Gasteiger partial charge >= 0.3 is 0 Å². The number of nitrogens with zero attached hydrogens (tertiary/aromatic N) is 1. The van der Waals surface area contributed by atoms with Crippen molar-refractivity contribution in [2.75, 3.05) is 19.5 Å². The Morgan fingerprint density at radius 3 is 2.64 bits per heavy atom. The van der Waals surface area contributed by atoms with Crippen molar-refractivity contribution < 1.29 is 14.2 Å². The maximum atomic E-state index is 9.67. The molecular weight excluding hydrogens is 354 g/mol. The van der Waals surface area contributed by atoms with E-state index in [4.69, 9.17) is 25.7 Å². The average molecular weight is 379 g/mol. The smallest absolute Gasteiger partial charge is 0.205 e. The summed E-state index contributed by atoms with van der Waals surface area (Å²) in [7, 11) is 1.60. The Morgan fingerprint density at radius 1 is 1.11 bits per heavy atom. The summed E-state index contributed by atoms with van der Waals surface area (Å²) in [6, 6.07) is 13.2. The molecule has 1 atom stereocenters. The number of benzene rings is 2. The van der Waals surface area contributed by atoms with Gasteiger partial charge in [0.25, 0.3) is 0 Å². The number of nitrogens with two attached hydrogens (primary N) is 2. The third kappa shape index (κ3) is 3.84. The molecular formula is C22H25N3O3. The fraction of sp³-hybridized carbons (Fsp3) is 0.318. The molecule has 3 rings (SSSR count). The number of ether oxygens (including phenoxy) is 3. The molecule has 1 aliphatic heterocycles. The predicted molar refractivity (Wildman–Crippen MR) is 108 cm³/mol. The number of rotatable bonds is 7. The molecule has 28 heavy (non-hydrogen) atoms. The molecule has 4 N–H and O–H groups in total. The maximum absolute atomic E-state index is 9.67. The second-order valence-electron chi connectivity index (χ2n) is 6.69. The molecule has 0 saturated heterocycles. The minimum absolute atomic E-state index is 0.0875. The van der Waals surface area contributed by atoms with Crippen LogP contribution in [0.2, 0.25) is 0 Å². The van der Waals surface area contributed by atoms with Crippen LogP contribution in [0, 0.1) is 11.3 Å². The van der Waals surface area contributed by atoms with Crippen molar-refractivity contribution in [3.63, 3.8) is 0 Å². The zero-order valence-electron chi connectivity index (χ0n) is 16.2. The molecule has 0 bridgehead atoms. The Labute approximate surface area is 165 Å². The van der Waals surface area contributed by atoms with E-state index in [1.807, 2.05) is 24.3 Å². The third-order valence-corrected chi connectivity index (χ3v) is 4.77. The van der Waals surface area contributed by atoms with E-state index in [1.165, 1.54) is 0 Å². The topological polar surface area (TPSA) is 104 Å². The van der Waals surface area contributed by atoms with E-state index in [1.54, 1.807) is 19.2 Å². The van der Waals surface area contributed by atoms with Crippen LogP contribution in [0.1, 0.15) is 43.2 Å². The molecule has 0 unspecified atom stereocenters. The molecule has 0 radical (unpaired) electrons. The number of methoxy groups -OCH3 is 1. The Hall–Kier alpha value is -3.33. The monoisotopic (exact) mass is 379 g/mol. The molecule has 0 fully saturated rings. The fourth-order valence-electron chi connectivity index (χ4n) is 3.33. The lowest BCUT2D eigenvalue weighted by atomic mass is 9.83. The molecule has 1 aliphatic rings. The highest BCUT2D eigenvalue weighted by atomic mass is 16.5. The largest absolute Gasteiger partial charge is 0.493 e. The summed E-state index contributed by atoms with van der Waals surface area (Å²) in [5, 5.41) is 9.67. The Kier molecular flexibility index (Phi) is 5.95. The van der Waals surface area contributed by atoms with Gasteiger partial charge in [0.05, 0.1) is 19.6 Å². The Morgan fingerprint density at radius 2 is 1.93 bits per heavy atom. The molecule has 0 saturated carbocycles. The molecule has 0 aromatic heterocycles. The van der Waals surface area contributed by atoms with Gasteiger partial charge in [0.15, 0.2) is 11.5 Å². The van der Waals surface area contributed by atoms with Crippen molar-refractivity contribution >= 4 is 5.69 Å². The van der Waals surface area contributed by atoms with Crippen LogP contribution in [0.4, 0.5) is 5.69 Å². The van der Waals surface area contributed by atoms with E-state index >= 15 is 0 Å². The SMILES string of the molecule is CCCCCOc1ccc([C@@H]2C(C#N)=C(N)Oc3cc(N)ccc32)cc1OC. The lowest BCUT2D eigenvalue weighted by molar-refractivity contribution is 0.286. The molecule has 2 aromatic rings.